The van der Waals surface area contributed by atoms with Crippen molar-refractivity contribution in [1.29, 1.82) is 0 Å². The zero-order valence-corrected chi connectivity index (χ0v) is 9.60. The normalized spacial score (nSPS) is 35.6. The smallest absolute Gasteiger partial charge is 0.307 e. The van der Waals surface area contributed by atoms with E-state index in [-0.39, 0.29) is 5.97 Å². The summed E-state index contributed by atoms with van der Waals surface area (Å²) in [6.07, 6.45) is 7.71. The lowest BCUT2D eigenvalue weighted by Gasteiger charge is -2.17. The van der Waals surface area contributed by atoms with E-state index in [2.05, 4.69) is 17.1 Å². The Bertz CT molecular complexity index is 309. The first-order chi connectivity index (χ1) is 7.81. The van der Waals surface area contributed by atoms with Crippen LogP contribution in [-0.4, -0.2) is 37.1 Å². The quantitative estimate of drug-likeness (QED) is 0.400. The van der Waals surface area contributed by atoms with Gasteiger partial charge in [0.05, 0.1) is 13.0 Å². The van der Waals surface area contributed by atoms with Crippen LogP contribution < -0.4 is 0 Å². The summed E-state index contributed by atoms with van der Waals surface area (Å²) in [5.74, 6) is 2.04. The molecule has 3 nitrogen and oxygen atoms in total. The van der Waals surface area contributed by atoms with E-state index in [1.165, 1.54) is 12.8 Å². The van der Waals surface area contributed by atoms with Gasteiger partial charge in [0, 0.05) is 19.6 Å². The molecule has 0 spiro atoms. The van der Waals surface area contributed by atoms with Gasteiger partial charge in [-0.05, 0) is 30.6 Å². The summed E-state index contributed by atoms with van der Waals surface area (Å²) in [4.78, 5) is 13.7. The van der Waals surface area contributed by atoms with Crippen molar-refractivity contribution in [2.24, 2.45) is 17.8 Å². The van der Waals surface area contributed by atoms with Crippen LogP contribution in [0, 0.1) is 17.8 Å². The Labute approximate surface area is 96.4 Å². The molecule has 0 aromatic carbocycles. The highest BCUT2D eigenvalue weighted by Crippen LogP contribution is 2.43. The van der Waals surface area contributed by atoms with Gasteiger partial charge in [-0.3, -0.25) is 4.79 Å². The number of fused-ring (bicyclic) bond motifs is 2. The number of ether oxygens (including phenoxy) is 1. The fourth-order valence-electron chi connectivity index (χ4n) is 2.90. The minimum Gasteiger partial charge on any atom is -0.465 e. The maximum atomic E-state index is 11.5. The average molecular weight is 221 g/mol. The fraction of sp³-hybridized carbons (Fsp3) is 0.769. The molecule has 2 aliphatic carbocycles. The third-order valence-corrected chi connectivity index (χ3v) is 4.05. The minimum atomic E-state index is -0.0151. The van der Waals surface area contributed by atoms with Gasteiger partial charge in [0.1, 0.15) is 0 Å². The number of nitrogens with zero attached hydrogens (tertiary/aromatic N) is 1. The van der Waals surface area contributed by atoms with Crippen molar-refractivity contribution in [3.8, 4) is 0 Å². The van der Waals surface area contributed by atoms with E-state index < -0.39 is 0 Å². The van der Waals surface area contributed by atoms with E-state index in [0.717, 1.165) is 25.6 Å². The predicted octanol–water partition coefficient (Wildman–Crippen LogP) is 1.45. The van der Waals surface area contributed by atoms with Crippen LogP contribution in [0.3, 0.4) is 0 Å². The Morgan fingerprint density at radius 3 is 2.81 bits per heavy atom. The number of rotatable bonds is 5. The molecular formula is C13H19NO2. The molecule has 3 heteroatoms. The molecule has 1 saturated heterocycles. The summed E-state index contributed by atoms with van der Waals surface area (Å²) < 4.78 is 5.36. The van der Waals surface area contributed by atoms with Gasteiger partial charge >= 0.3 is 5.97 Å². The molecule has 0 aromatic rings. The summed E-state index contributed by atoms with van der Waals surface area (Å²) in [5.41, 5.74) is 0. The van der Waals surface area contributed by atoms with Gasteiger partial charge in [0.2, 0.25) is 0 Å². The standard InChI is InChI=1S/C13H19NO2/c15-13(3-4-14-5-6-14)16-9-12-8-10-1-2-11(12)7-10/h1-2,10-12H,3-9H2/t10-,11+,12-/m1/s1. The molecule has 2 fully saturated rings. The molecule has 0 radical (unpaired) electrons. The van der Waals surface area contributed by atoms with Gasteiger partial charge in [-0.25, -0.2) is 0 Å². The molecule has 0 amide bonds. The number of carbonyl (C=O) groups excluding carboxylic acids is 1. The number of hydrogen-bond donors (Lipinski definition) is 0. The third-order valence-electron chi connectivity index (χ3n) is 4.05. The SMILES string of the molecule is O=C(CCN1CC1)OC[C@H]1C[C@@H]2C=C[C@H]1C2. The van der Waals surface area contributed by atoms with Crippen LogP contribution in [0.25, 0.3) is 0 Å². The highest BCUT2D eigenvalue weighted by Gasteiger charge is 2.36. The van der Waals surface area contributed by atoms with Gasteiger partial charge in [0.15, 0.2) is 0 Å². The molecule has 3 rings (SSSR count). The number of hydrogen-bond acceptors (Lipinski definition) is 3. The molecule has 16 heavy (non-hydrogen) atoms. The zero-order chi connectivity index (χ0) is 11.0. The summed E-state index contributed by atoms with van der Waals surface area (Å²) in [5, 5.41) is 0. The van der Waals surface area contributed by atoms with Gasteiger partial charge in [0.25, 0.3) is 0 Å². The molecule has 0 unspecified atom stereocenters. The third kappa shape index (κ3) is 2.29. The van der Waals surface area contributed by atoms with Crippen molar-refractivity contribution < 1.29 is 9.53 Å². The van der Waals surface area contributed by atoms with Crippen molar-refractivity contribution >= 4 is 5.97 Å². The molecule has 0 aromatic heterocycles. The van der Waals surface area contributed by atoms with E-state index in [1.54, 1.807) is 0 Å². The topological polar surface area (TPSA) is 29.3 Å². The Hall–Kier alpha value is -0.830. The summed E-state index contributed by atoms with van der Waals surface area (Å²) >= 11 is 0. The van der Waals surface area contributed by atoms with Crippen LogP contribution in [0.4, 0.5) is 0 Å². The number of allylic oxidation sites excluding steroid dienone is 2. The summed E-state index contributed by atoms with van der Waals surface area (Å²) in [6, 6.07) is 0. The van der Waals surface area contributed by atoms with Crippen molar-refractivity contribution in [3.63, 3.8) is 0 Å². The van der Waals surface area contributed by atoms with E-state index in [4.69, 9.17) is 4.74 Å². The second-order valence-corrected chi connectivity index (χ2v) is 5.31. The van der Waals surface area contributed by atoms with Crippen LogP contribution in [0.15, 0.2) is 12.2 Å². The maximum Gasteiger partial charge on any atom is 0.307 e. The lowest BCUT2D eigenvalue weighted by molar-refractivity contribution is -0.145. The first-order valence-electron chi connectivity index (χ1n) is 6.37. The van der Waals surface area contributed by atoms with Crippen LogP contribution in [-0.2, 0) is 9.53 Å². The first-order valence-corrected chi connectivity index (χ1v) is 6.37. The van der Waals surface area contributed by atoms with Gasteiger partial charge in [-0.15, -0.1) is 0 Å². The Balaban J connectivity index is 1.36. The van der Waals surface area contributed by atoms with E-state index in [0.29, 0.717) is 24.9 Å². The number of esters is 1. The predicted molar refractivity (Wildman–Crippen MR) is 60.9 cm³/mol. The molecule has 1 saturated carbocycles. The Kier molecular flexibility index (Phi) is 2.72. The van der Waals surface area contributed by atoms with Crippen molar-refractivity contribution in [1.82, 2.24) is 4.90 Å². The van der Waals surface area contributed by atoms with Crippen LogP contribution >= 0.6 is 0 Å². The summed E-state index contributed by atoms with van der Waals surface area (Å²) in [6.45, 7) is 3.84. The lowest BCUT2D eigenvalue weighted by Crippen LogP contribution is -2.19. The minimum absolute atomic E-state index is 0.0151. The van der Waals surface area contributed by atoms with Crippen LogP contribution in [0.5, 0.6) is 0 Å². The monoisotopic (exact) mass is 221 g/mol. The van der Waals surface area contributed by atoms with E-state index in [1.807, 2.05) is 0 Å². The van der Waals surface area contributed by atoms with Gasteiger partial charge in [-0.1, -0.05) is 12.2 Å². The molecule has 3 atom stereocenters. The first kappa shape index (κ1) is 10.3. The molecule has 1 heterocycles. The zero-order valence-electron chi connectivity index (χ0n) is 9.60. The fourth-order valence-corrected chi connectivity index (χ4v) is 2.90. The highest BCUT2D eigenvalue weighted by atomic mass is 16.5. The van der Waals surface area contributed by atoms with Gasteiger partial charge < -0.3 is 9.64 Å². The van der Waals surface area contributed by atoms with Crippen LogP contribution in [0.2, 0.25) is 0 Å². The second-order valence-electron chi connectivity index (χ2n) is 5.31. The highest BCUT2D eigenvalue weighted by molar-refractivity contribution is 5.69. The van der Waals surface area contributed by atoms with Crippen molar-refractivity contribution in [3.05, 3.63) is 12.2 Å². The van der Waals surface area contributed by atoms with Crippen molar-refractivity contribution in [2.45, 2.75) is 19.3 Å². The molecule has 0 N–H and O–H groups in total. The van der Waals surface area contributed by atoms with E-state index >= 15 is 0 Å². The van der Waals surface area contributed by atoms with Gasteiger partial charge in [-0.2, -0.15) is 0 Å². The maximum absolute atomic E-state index is 11.5. The summed E-state index contributed by atoms with van der Waals surface area (Å²) in [7, 11) is 0. The average Bonchev–Trinajstić information content (AvgIpc) is 2.89. The molecule has 1 aliphatic heterocycles. The molecule has 3 aliphatic rings. The Morgan fingerprint density at radius 1 is 1.31 bits per heavy atom. The molecule has 88 valence electrons. The lowest BCUT2D eigenvalue weighted by atomic mass is 9.95. The largest absolute Gasteiger partial charge is 0.465 e. The number of carbonyl (C=O) groups is 1. The van der Waals surface area contributed by atoms with Crippen molar-refractivity contribution in [2.75, 3.05) is 26.2 Å². The molecular weight excluding hydrogens is 202 g/mol. The van der Waals surface area contributed by atoms with E-state index in [9.17, 15) is 4.79 Å². The molecule has 2 bridgehead atoms. The second kappa shape index (κ2) is 4.21. The Morgan fingerprint density at radius 2 is 2.19 bits per heavy atom. The van der Waals surface area contributed by atoms with Crippen LogP contribution in [0.1, 0.15) is 19.3 Å².